The van der Waals surface area contributed by atoms with E-state index in [0.717, 1.165) is 44.9 Å². The molecule has 1 rings (SSSR count). The first-order chi connectivity index (χ1) is 11.0. The third-order valence-corrected chi connectivity index (χ3v) is 3.51. The Morgan fingerprint density at radius 3 is 2.39 bits per heavy atom. The molecule has 1 heterocycles. The summed E-state index contributed by atoms with van der Waals surface area (Å²) in [5.74, 6) is -1.46. The van der Waals surface area contributed by atoms with Gasteiger partial charge >= 0.3 is 5.97 Å². The van der Waals surface area contributed by atoms with Crippen molar-refractivity contribution in [2.24, 2.45) is 5.73 Å². The monoisotopic (exact) mass is 320 g/mol. The van der Waals surface area contributed by atoms with Gasteiger partial charge in [0.05, 0.1) is 0 Å². The Balaban J connectivity index is 2.17. The highest BCUT2D eigenvalue weighted by molar-refractivity contribution is 5.92. The largest absolute Gasteiger partial charge is 0.481 e. The van der Waals surface area contributed by atoms with E-state index in [2.05, 4.69) is 4.98 Å². The zero-order chi connectivity index (χ0) is 17.1. The molecule has 1 amide bonds. The van der Waals surface area contributed by atoms with Crippen LogP contribution in [0.3, 0.4) is 0 Å². The minimum Gasteiger partial charge on any atom is -0.481 e. The lowest BCUT2D eigenvalue weighted by Gasteiger charge is -1.99. The quantitative estimate of drug-likeness (QED) is 0.544. The van der Waals surface area contributed by atoms with Gasteiger partial charge in [0.25, 0.3) is 5.91 Å². The SMILES string of the molecule is NC(=O)c1c[nH]c(/C=C/CCCCCCCCC(=O)O)cc1=O. The summed E-state index contributed by atoms with van der Waals surface area (Å²) in [6, 6.07) is 1.36. The van der Waals surface area contributed by atoms with Crippen molar-refractivity contribution in [2.45, 2.75) is 51.4 Å². The average molecular weight is 320 g/mol. The van der Waals surface area contributed by atoms with Crippen LogP contribution < -0.4 is 11.2 Å². The second-order valence-corrected chi connectivity index (χ2v) is 5.49. The van der Waals surface area contributed by atoms with Gasteiger partial charge in [0.1, 0.15) is 5.56 Å². The Morgan fingerprint density at radius 1 is 1.13 bits per heavy atom. The molecule has 6 nitrogen and oxygen atoms in total. The highest BCUT2D eigenvalue weighted by Crippen LogP contribution is 2.09. The molecule has 0 aliphatic carbocycles. The normalized spacial score (nSPS) is 11.0. The summed E-state index contributed by atoms with van der Waals surface area (Å²) in [5.41, 5.74) is 5.30. The number of primary amides is 1. The minimum absolute atomic E-state index is 0.0370. The van der Waals surface area contributed by atoms with E-state index >= 15 is 0 Å². The van der Waals surface area contributed by atoms with Crippen molar-refractivity contribution in [3.05, 3.63) is 39.8 Å². The molecule has 0 fully saturated rings. The number of pyridine rings is 1. The smallest absolute Gasteiger partial charge is 0.303 e. The maximum absolute atomic E-state index is 11.6. The Hall–Kier alpha value is -2.37. The molecular weight excluding hydrogens is 296 g/mol. The number of H-pyrrole nitrogens is 1. The molecule has 0 spiro atoms. The van der Waals surface area contributed by atoms with Crippen LogP contribution in [0.2, 0.25) is 0 Å². The number of unbranched alkanes of at least 4 members (excludes halogenated alkanes) is 6. The van der Waals surface area contributed by atoms with Gasteiger partial charge in [-0.2, -0.15) is 0 Å². The summed E-state index contributed by atoms with van der Waals surface area (Å²) in [4.78, 5) is 35.7. The topological polar surface area (TPSA) is 113 Å². The van der Waals surface area contributed by atoms with Crippen LogP contribution in [-0.4, -0.2) is 22.0 Å². The number of carboxylic acids is 1. The van der Waals surface area contributed by atoms with Gasteiger partial charge in [0.2, 0.25) is 0 Å². The van der Waals surface area contributed by atoms with Gasteiger partial charge in [-0.25, -0.2) is 0 Å². The van der Waals surface area contributed by atoms with Crippen LogP contribution in [0.15, 0.2) is 23.1 Å². The Morgan fingerprint density at radius 2 is 1.78 bits per heavy atom. The standard InChI is InChI=1S/C17H24N2O4/c18-17(23)14-12-19-13(11-15(14)20)9-7-5-3-1-2-4-6-8-10-16(21)22/h7,9,11-12H,1-6,8,10H2,(H2,18,23)(H,19,20)(H,21,22)/b9-7+. The van der Waals surface area contributed by atoms with Crippen LogP contribution in [0, 0.1) is 0 Å². The van der Waals surface area contributed by atoms with E-state index in [0.29, 0.717) is 5.69 Å². The summed E-state index contributed by atoms with van der Waals surface area (Å²) in [6.07, 6.45) is 12.4. The zero-order valence-corrected chi connectivity index (χ0v) is 13.2. The van der Waals surface area contributed by atoms with Gasteiger partial charge < -0.3 is 15.8 Å². The lowest BCUT2D eigenvalue weighted by molar-refractivity contribution is -0.137. The van der Waals surface area contributed by atoms with Crippen LogP contribution in [-0.2, 0) is 4.79 Å². The lowest BCUT2D eigenvalue weighted by Crippen LogP contribution is -2.21. The number of aromatic nitrogens is 1. The van der Waals surface area contributed by atoms with E-state index in [1.54, 1.807) is 0 Å². The summed E-state index contributed by atoms with van der Waals surface area (Å²) in [7, 11) is 0. The number of carbonyl (C=O) groups is 2. The molecule has 6 heteroatoms. The van der Waals surface area contributed by atoms with Crippen molar-refractivity contribution in [2.75, 3.05) is 0 Å². The fourth-order valence-corrected chi connectivity index (χ4v) is 2.23. The number of aromatic amines is 1. The molecule has 0 saturated carbocycles. The first kappa shape index (κ1) is 18.7. The maximum atomic E-state index is 11.6. The number of nitrogens with two attached hydrogens (primary N) is 1. The van der Waals surface area contributed by atoms with E-state index in [-0.39, 0.29) is 17.4 Å². The molecule has 0 atom stereocenters. The van der Waals surface area contributed by atoms with Gasteiger partial charge in [-0.3, -0.25) is 14.4 Å². The summed E-state index contributed by atoms with van der Waals surface area (Å²) in [5, 5.41) is 8.51. The third kappa shape index (κ3) is 7.99. The second kappa shape index (κ2) is 10.4. The summed E-state index contributed by atoms with van der Waals surface area (Å²) in [6.45, 7) is 0. The molecule has 23 heavy (non-hydrogen) atoms. The highest BCUT2D eigenvalue weighted by Gasteiger charge is 2.05. The number of carbonyl (C=O) groups excluding carboxylic acids is 1. The van der Waals surface area contributed by atoms with Gasteiger partial charge in [-0.15, -0.1) is 0 Å². The van der Waals surface area contributed by atoms with Crippen LogP contribution in [0.1, 0.15) is 67.4 Å². The molecule has 0 aliphatic rings. The Bertz CT molecular complexity index is 605. The fourth-order valence-electron chi connectivity index (χ4n) is 2.23. The maximum Gasteiger partial charge on any atom is 0.303 e. The molecule has 0 aliphatic heterocycles. The Labute approximate surface area is 135 Å². The number of hydrogen-bond donors (Lipinski definition) is 3. The van der Waals surface area contributed by atoms with Crippen molar-refractivity contribution in [3.63, 3.8) is 0 Å². The van der Waals surface area contributed by atoms with Crippen molar-refractivity contribution in [1.29, 1.82) is 0 Å². The number of nitrogens with one attached hydrogen (secondary N) is 1. The van der Waals surface area contributed by atoms with E-state index in [4.69, 9.17) is 10.8 Å². The summed E-state index contributed by atoms with van der Waals surface area (Å²) < 4.78 is 0. The first-order valence-corrected chi connectivity index (χ1v) is 7.91. The van der Waals surface area contributed by atoms with Gasteiger partial charge in [0, 0.05) is 24.4 Å². The number of aliphatic carboxylic acids is 1. The van der Waals surface area contributed by atoms with E-state index in [9.17, 15) is 14.4 Å². The molecule has 1 aromatic rings. The molecule has 4 N–H and O–H groups in total. The highest BCUT2D eigenvalue weighted by atomic mass is 16.4. The van der Waals surface area contributed by atoms with Crippen LogP contribution in [0.4, 0.5) is 0 Å². The van der Waals surface area contributed by atoms with Crippen LogP contribution in [0.5, 0.6) is 0 Å². The minimum atomic E-state index is -0.731. The Kier molecular flexibility index (Phi) is 8.42. The van der Waals surface area contributed by atoms with Crippen LogP contribution >= 0.6 is 0 Å². The number of rotatable bonds is 11. The second-order valence-electron chi connectivity index (χ2n) is 5.49. The average Bonchev–Trinajstić information content (AvgIpc) is 2.48. The number of hydrogen-bond acceptors (Lipinski definition) is 3. The molecule has 126 valence electrons. The van der Waals surface area contributed by atoms with E-state index in [1.165, 1.54) is 12.3 Å². The van der Waals surface area contributed by atoms with Crippen molar-refractivity contribution < 1.29 is 14.7 Å². The van der Waals surface area contributed by atoms with Crippen molar-refractivity contribution >= 4 is 18.0 Å². The first-order valence-electron chi connectivity index (χ1n) is 7.91. The van der Waals surface area contributed by atoms with Crippen molar-refractivity contribution in [1.82, 2.24) is 4.98 Å². The number of amides is 1. The molecule has 1 aromatic heterocycles. The molecule has 0 unspecified atom stereocenters. The molecular formula is C17H24N2O4. The van der Waals surface area contributed by atoms with Crippen LogP contribution in [0.25, 0.3) is 6.08 Å². The predicted octanol–water partition coefficient (Wildman–Crippen LogP) is 2.69. The molecule has 0 bridgehead atoms. The summed E-state index contributed by atoms with van der Waals surface area (Å²) >= 11 is 0. The van der Waals surface area contributed by atoms with Gasteiger partial charge in [-0.05, 0) is 25.3 Å². The predicted molar refractivity (Wildman–Crippen MR) is 89.2 cm³/mol. The van der Waals surface area contributed by atoms with E-state index < -0.39 is 11.9 Å². The van der Waals surface area contributed by atoms with E-state index in [1.807, 2.05) is 12.2 Å². The molecule has 0 saturated heterocycles. The zero-order valence-electron chi connectivity index (χ0n) is 13.2. The lowest BCUT2D eigenvalue weighted by atomic mass is 10.1. The third-order valence-electron chi connectivity index (χ3n) is 3.51. The molecule has 0 aromatic carbocycles. The number of carboxylic acid groups (broad SMARTS) is 1. The molecule has 0 radical (unpaired) electrons. The van der Waals surface area contributed by atoms with Gasteiger partial charge in [-0.1, -0.05) is 31.8 Å². The van der Waals surface area contributed by atoms with Crippen molar-refractivity contribution in [3.8, 4) is 0 Å². The number of allylic oxidation sites excluding steroid dienone is 1. The van der Waals surface area contributed by atoms with Gasteiger partial charge in [0.15, 0.2) is 5.43 Å². The fraction of sp³-hybridized carbons (Fsp3) is 0.471.